The second-order valence-electron chi connectivity index (χ2n) is 7.62. The maximum Gasteiger partial charge on any atom is 0.191 e. The van der Waals surface area contributed by atoms with Crippen LogP contribution in [-0.4, -0.2) is 47.0 Å². The average molecular weight is 435 g/mol. The molecule has 0 unspecified atom stereocenters. The zero-order valence-corrected chi connectivity index (χ0v) is 19.8. The van der Waals surface area contributed by atoms with Crippen molar-refractivity contribution in [2.45, 2.75) is 60.0 Å². The standard InChI is InChI=1S/C21H34N6S2/c1-5-20-26-18(14-28-20)13-27-9-7-17(8-10-27)11-23-21(22-6-2)24-12-19-15(3)25-16(4)29-19/h14,17H,5-13H2,1-4H3,(H2,22,23,24). The van der Waals surface area contributed by atoms with E-state index in [-0.39, 0.29) is 0 Å². The number of thiazole rings is 2. The van der Waals surface area contributed by atoms with E-state index < -0.39 is 0 Å². The van der Waals surface area contributed by atoms with Crippen LogP contribution in [0.4, 0.5) is 0 Å². The number of aryl methyl sites for hydroxylation is 3. The molecule has 0 aliphatic carbocycles. The van der Waals surface area contributed by atoms with Gasteiger partial charge < -0.3 is 10.6 Å². The van der Waals surface area contributed by atoms with Crippen molar-refractivity contribution in [2.75, 3.05) is 26.2 Å². The Labute approximate surface area is 182 Å². The fourth-order valence-corrected chi connectivity index (χ4v) is 5.21. The quantitative estimate of drug-likeness (QED) is 0.489. The number of aromatic nitrogens is 2. The summed E-state index contributed by atoms with van der Waals surface area (Å²) in [5.41, 5.74) is 2.34. The van der Waals surface area contributed by atoms with Crippen molar-refractivity contribution in [3.05, 3.63) is 31.7 Å². The highest BCUT2D eigenvalue weighted by Gasteiger charge is 2.20. The van der Waals surface area contributed by atoms with E-state index >= 15 is 0 Å². The smallest absolute Gasteiger partial charge is 0.191 e. The minimum absolute atomic E-state index is 0.693. The number of rotatable bonds is 8. The van der Waals surface area contributed by atoms with Crippen molar-refractivity contribution in [1.82, 2.24) is 25.5 Å². The van der Waals surface area contributed by atoms with Gasteiger partial charge in [-0.2, -0.15) is 0 Å². The first-order valence-electron chi connectivity index (χ1n) is 10.7. The van der Waals surface area contributed by atoms with Crippen molar-refractivity contribution < 1.29 is 0 Å². The van der Waals surface area contributed by atoms with Gasteiger partial charge in [-0.3, -0.25) is 4.90 Å². The summed E-state index contributed by atoms with van der Waals surface area (Å²) in [7, 11) is 0. The van der Waals surface area contributed by atoms with E-state index in [1.807, 2.05) is 0 Å². The number of aliphatic imine (C=N–C) groups is 1. The van der Waals surface area contributed by atoms with Gasteiger partial charge in [0.2, 0.25) is 0 Å². The van der Waals surface area contributed by atoms with Gasteiger partial charge in [-0.05, 0) is 59.0 Å². The molecule has 2 aromatic rings. The molecule has 1 aliphatic rings. The zero-order chi connectivity index (χ0) is 20.6. The van der Waals surface area contributed by atoms with E-state index in [0.717, 1.165) is 55.8 Å². The van der Waals surface area contributed by atoms with E-state index in [4.69, 9.17) is 9.98 Å². The van der Waals surface area contributed by atoms with Gasteiger partial charge in [-0.15, -0.1) is 22.7 Å². The maximum absolute atomic E-state index is 4.77. The van der Waals surface area contributed by atoms with Crippen molar-refractivity contribution in [2.24, 2.45) is 10.9 Å². The summed E-state index contributed by atoms with van der Waals surface area (Å²) in [6.45, 7) is 14.2. The normalized spacial score (nSPS) is 16.3. The highest BCUT2D eigenvalue weighted by atomic mass is 32.1. The highest BCUT2D eigenvalue weighted by molar-refractivity contribution is 7.11. The van der Waals surface area contributed by atoms with Gasteiger partial charge in [-0.1, -0.05) is 6.92 Å². The molecular formula is C21H34N6S2. The molecule has 0 radical (unpaired) electrons. The van der Waals surface area contributed by atoms with Gasteiger partial charge in [0, 0.05) is 29.9 Å². The number of guanidine groups is 1. The molecule has 0 amide bonds. The molecule has 1 saturated heterocycles. The molecular weight excluding hydrogens is 400 g/mol. The first-order valence-corrected chi connectivity index (χ1v) is 12.4. The molecule has 2 N–H and O–H groups in total. The number of hydrogen-bond donors (Lipinski definition) is 2. The summed E-state index contributed by atoms with van der Waals surface area (Å²) in [5.74, 6) is 1.61. The van der Waals surface area contributed by atoms with Crippen LogP contribution in [0, 0.1) is 19.8 Å². The minimum atomic E-state index is 0.693. The number of piperidine rings is 1. The van der Waals surface area contributed by atoms with Gasteiger partial charge in [0.15, 0.2) is 5.96 Å². The largest absolute Gasteiger partial charge is 0.357 e. The van der Waals surface area contributed by atoms with E-state index in [1.165, 1.54) is 28.4 Å². The van der Waals surface area contributed by atoms with E-state index in [0.29, 0.717) is 12.5 Å². The summed E-state index contributed by atoms with van der Waals surface area (Å²) in [6.07, 6.45) is 3.49. The molecule has 0 aromatic carbocycles. The lowest BCUT2D eigenvalue weighted by molar-refractivity contribution is 0.176. The number of hydrogen-bond acceptors (Lipinski definition) is 6. The van der Waals surface area contributed by atoms with E-state index in [2.05, 4.69) is 53.6 Å². The molecule has 29 heavy (non-hydrogen) atoms. The third-order valence-electron chi connectivity index (χ3n) is 5.28. The molecule has 6 nitrogen and oxygen atoms in total. The Bertz CT molecular complexity index is 789. The first kappa shape index (κ1) is 22.2. The van der Waals surface area contributed by atoms with Crippen LogP contribution in [0.1, 0.15) is 53.0 Å². The minimum Gasteiger partial charge on any atom is -0.357 e. The van der Waals surface area contributed by atoms with Gasteiger partial charge in [0.1, 0.15) is 0 Å². The van der Waals surface area contributed by atoms with Crippen LogP contribution in [0.3, 0.4) is 0 Å². The Morgan fingerprint density at radius 1 is 1.21 bits per heavy atom. The van der Waals surface area contributed by atoms with E-state index in [9.17, 15) is 0 Å². The molecule has 1 fully saturated rings. The summed E-state index contributed by atoms with van der Waals surface area (Å²) in [5, 5.41) is 11.5. The van der Waals surface area contributed by atoms with Crippen LogP contribution in [-0.2, 0) is 19.5 Å². The summed E-state index contributed by atoms with van der Waals surface area (Å²) < 4.78 is 0. The lowest BCUT2D eigenvalue weighted by Gasteiger charge is -2.31. The predicted octanol–water partition coefficient (Wildman–Crippen LogP) is 3.75. The fraction of sp³-hybridized carbons (Fsp3) is 0.667. The number of nitrogens with zero attached hydrogens (tertiary/aromatic N) is 4. The van der Waals surface area contributed by atoms with Crippen molar-refractivity contribution in [3.8, 4) is 0 Å². The van der Waals surface area contributed by atoms with E-state index in [1.54, 1.807) is 22.7 Å². The number of likely N-dealkylation sites (tertiary alicyclic amines) is 1. The maximum atomic E-state index is 4.77. The predicted molar refractivity (Wildman–Crippen MR) is 124 cm³/mol. The van der Waals surface area contributed by atoms with Crippen LogP contribution < -0.4 is 10.6 Å². The van der Waals surface area contributed by atoms with Crippen molar-refractivity contribution in [1.29, 1.82) is 0 Å². The second-order valence-corrected chi connectivity index (χ2v) is 9.85. The van der Waals surface area contributed by atoms with Crippen molar-refractivity contribution >= 4 is 28.6 Å². The van der Waals surface area contributed by atoms with Gasteiger partial charge in [0.05, 0.1) is 27.9 Å². The topological polar surface area (TPSA) is 65.4 Å². The lowest BCUT2D eigenvalue weighted by Crippen LogP contribution is -2.42. The molecule has 2 aromatic heterocycles. The molecule has 3 heterocycles. The Hall–Kier alpha value is -1.51. The molecule has 1 aliphatic heterocycles. The zero-order valence-electron chi connectivity index (χ0n) is 18.1. The average Bonchev–Trinajstić information content (AvgIpc) is 3.30. The molecule has 8 heteroatoms. The van der Waals surface area contributed by atoms with Gasteiger partial charge >= 0.3 is 0 Å². The van der Waals surface area contributed by atoms with Crippen LogP contribution in [0.5, 0.6) is 0 Å². The summed E-state index contributed by atoms with van der Waals surface area (Å²) in [4.78, 5) is 17.8. The molecule has 0 spiro atoms. The first-order chi connectivity index (χ1) is 14.1. The molecule has 3 rings (SSSR count). The third kappa shape index (κ3) is 6.76. The summed E-state index contributed by atoms with van der Waals surface area (Å²) >= 11 is 3.53. The Morgan fingerprint density at radius 2 is 2.00 bits per heavy atom. The Kier molecular flexibility index (Phi) is 8.44. The van der Waals surface area contributed by atoms with Crippen molar-refractivity contribution in [3.63, 3.8) is 0 Å². The lowest BCUT2D eigenvalue weighted by atomic mass is 9.97. The molecule has 0 bridgehead atoms. The number of nitrogens with one attached hydrogen (secondary N) is 2. The van der Waals surface area contributed by atoms with Crippen LogP contribution in [0.25, 0.3) is 0 Å². The Balaban J connectivity index is 1.43. The second kappa shape index (κ2) is 11.0. The Morgan fingerprint density at radius 3 is 2.62 bits per heavy atom. The van der Waals surface area contributed by atoms with Gasteiger partial charge in [0.25, 0.3) is 0 Å². The third-order valence-corrected chi connectivity index (χ3v) is 7.38. The SMILES string of the molecule is CCNC(=NCc1sc(C)nc1C)NCC1CCN(Cc2csc(CC)n2)CC1. The van der Waals surface area contributed by atoms with Crippen LogP contribution >= 0.6 is 22.7 Å². The summed E-state index contributed by atoms with van der Waals surface area (Å²) in [6, 6.07) is 0. The van der Waals surface area contributed by atoms with Gasteiger partial charge in [-0.25, -0.2) is 15.0 Å². The fourth-order valence-electron chi connectivity index (χ4n) is 3.62. The molecule has 0 saturated carbocycles. The molecule has 0 atom stereocenters. The van der Waals surface area contributed by atoms with Crippen LogP contribution in [0.2, 0.25) is 0 Å². The monoisotopic (exact) mass is 434 g/mol. The van der Waals surface area contributed by atoms with Crippen LogP contribution in [0.15, 0.2) is 10.4 Å². The highest BCUT2D eigenvalue weighted by Crippen LogP contribution is 2.20. The molecule has 160 valence electrons.